The summed E-state index contributed by atoms with van der Waals surface area (Å²) in [5.74, 6) is -1.00. The molecule has 29 heavy (non-hydrogen) atoms. The summed E-state index contributed by atoms with van der Waals surface area (Å²) in [6.07, 6.45) is 0. The number of rotatable bonds is 4. The van der Waals surface area contributed by atoms with Crippen LogP contribution in [0.5, 0.6) is 11.5 Å². The highest BCUT2D eigenvalue weighted by molar-refractivity contribution is 7.87. The van der Waals surface area contributed by atoms with Gasteiger partial charge in [0, 0.05) is 16.1 Å². The van der Waals surface area contributed by atoms with E-state index in [9.17, 15) is 23.2 Å². The van der Waals surface area contributed by atoms with Gasteiger partial charge in [0.25, 0.3) is 10.1 Å². The minimum Gasteiger partial charge on any atom is -0.508 e. The van der Waals surface area contributed by atoms with Crippen molar-refractivity contribution >= 4 is 56.5 Å². The van der Waals surface area contributed by atoms with Gasteiger partial charge in [-0.1, -0.05) is 76.7 Å². The molecule has 0 aliphatic carbocycles. The summed E-state index contributed by atoms with van der Waals surface area (Å²) in [6.45, 7) is 0. The van der Waals surface area contributed by atoms with Crippen molar-refractivity contribution in [2.24, 2.45) is 0 Å². The van der Waals surface area contributed by atoms with E-state index in [-0.39, 0.29) is 31.9 Å². The zero-order valence-corrected chi connectivity index (χ0v) is 18.1. The minimum absolute atomic E-state index is 0.0323. The van der Waals surface area contributed by atoms with Gasteiger partial charge in [-0.2, -0.15) is 8.42 Å². The minimum atomic E-state index is -5.11. The smallest absolute Gasteiger partial charge is 0.283 e. The molecule has 0 bridgehead atoms. The summed E-state index contributed by atoms with van der Waals surface area (Å²) in [4.78, 5) is 0. The second-order valence-electron chi connectivity index (χ2n) is 6.07. The quantitative estimate of drug-likeness (QED) is 0.239. The number of benzene rings is 3. The van der Waals surface area contributed by atoms with E-state index >= 15 is 0 Å². The van der Waals surface area contributed by atoms with Gasteiger partial charge in [-0.05, 0) is 29.8 Å². The maximum atomic E-state index is 13.0. The van der Waals surface area contributed by atoms with Gasteiger partial charge in [0.2, 0.25) is 0 Å². The third-order valence-electron chi connectivity index (χ3n) is 4.41. The second-order valence-corrected chi connectivity index (χ2v) is 9.20. The average Bonchev–Trinajstić information content (AvgIpc) is 2.65. The van der Waals surface area contributed by atoms with E-state index in [2.05, 4.69) is 0 Å². The lowest BCUT2D eigenvalue weighted by Gasteiger charge is -2.34. The van der Waals surface area contributed by atoms with Crippen LogP contribution in [0.2, 0.25) is 20.1 Å². The molecule has 3 rings (SSSR count). The first-order valence-corrected chi connectivity index (χ1v) is 10.9. The van der Waals surface area contributed by atoms with Gasteiger partial charge in [0.1, 0.15) is 16.5 Å². The number of aromatic hydroxyl groups is 2. The standard InChI is InChI=1S/C19H12Cl4O5S/c20-14-7-2-1-6-12(14)19(29(26,27)28,10-4-3-5-11(24)8-10)13-9-15(21)16(22)17(23)18(13)25/h1-9,24-25H,(H,26,27,28). The molecule has 0 radical (unpaired) electrons. The van der Waals surface area contributed by atoms with E-state index < -0.39 is 31.2 Å². The Morgan fingerprint density at radius 2 is 1.41 bits per heavy atom. The SMILES string of the molecule is O=S(=O)(O)C(c1cccc(O)c1)(c1ccccc1Cl)c1cc(Cl)c(Cl)c(Cl)c1O. The second kappa shape index (κ2) is 7.87. The van der Waals surface area contributed by atoms with Crippen LogP contribution in [0.4, 0.5) is 0 Å². The van der Waals surface area contributed by atoms with Gasteiger partial charge >= 0.3 is 0 Å². The molecule has 5 nitrogen and oxygen atoms in total. The first kappa shape index (κ1) is 22.0. The number of phenolic OH excluding ortho intramolecular Hbond substituents is 2. The Hall–Kier alpha value is -1.67. The molecule has 3 N–H and O–H groups in total. The topological polar surface area (TPSA) is 94.8 Å². The highest BCUT2D eigenvalue weighted by Crippen LogP contribution is 2.53. The van der Waals surface area contributed by atoms with Crippen LogP contribution >= 0.6 is 46.4 Å². The molecule has 0 saturated heterocycles. The predicted octanol–water partition coefficient (Wildman–Crippen LogP) is 5.89. The van der Waals surface area contributed by atoms with Crippen LogP contribution in [0.1, 0.15) is 16.7 Å². The Bertz CT molecular complexity index is 1210. The third-order valence-corrected chi connectivity index (χ3v) is 7.44. The van der Waals surface area contributed by atoms with Gasteiger partial charge in [0.15, 0.2) is 4.75 Å². The van der Waals surface area contributed by atoms with Gasteiger partial charge in [0.05, 0.1) is 10.0 Å². The number of phenols is 2. The van der Waals surface area contributed by atoms with Gasteiger partial charge < -0.3 is 10.2 Å². The highest BCUT2D eigenvalue weighted by Gasteiger charge is 2.52. The molecule has 152 valence electrons. The maximum Gasteiger partial charge on any atom is 0.283 e. The normalized spacial score (nSPS) is 13.8. The van der Waals surface area contributed by atoms with Crippen molar-refractivity contribution in [2.45, 2.75) is 4.75 Å². The monoisotopic (exact) mass is 492 g/mol. The van der Waals surface area contributed by atoms with Crippen molar-refractivity contribution in [3.05, 3.63) is 91.4 Å². The fraction of sp³-hybridized carbons (Fsp3) is 0.0526. The van der Waals surface area contributed by atoms with Crippen molar-refractivity contribution < 1.29 is 23.2 Å². The van der Waals surface area contributed by atoms with E-state index in [4.69, 9.17) is 46.4 Å². The third kappa shape index (κ3) is 3.54. The molecule has 10 heteroatoms. The molecule has 0 amide bonds. The zero-order valence-electron chi connectivity index (χ0n) is 14.3. The highest BCUT2D eigenvalue weighted by atomic mass is 35.5. The Morgan fingerprint density at radius 3 is 2.00 bits per heavy atom. The molecule has 0 spiro atoms. The maximum absolute atomic E-state index is 13.0. The van der Waals surface area contributed by atoms with Crippen LogP contribution in [-0.2, 0) is 14.9 Å². The van der Waals surface area contributed by atoms with Gasteiger partial charge in [-0.15, -0.1) is 0 Å². The first-order chi connectivity index (χ1) is 13.5. The molecule has 0 saturated carbocycles. The zero-order chi connectivity index (χ0) is 21.6. The van der Waals surface area contributed by atoms with Crippen molar-refractivity contribution in [1.82, 2.24) is 0 Å². The fourth-order valence-electron chi connectivity index (χ4n) is 3.21. The molecular weight excluding hydrogens is 482 g/mol. The molecule has 1 atom stereocenters. The van der Waals surface area contributed by atoms with Gasteiger partial charge in [-0.25, -0.2) is 0 Å². The van der Waals surface area contributed by atoms with Crippen LogP contribution in [0, 0.1) is 0 Å². The van der Waals surface area contributed by atoms with Crippen LogP contribution in [0.25, 0.3) is 0 Å². The predicted molar refractivity (Wildman–Crippen MR) is 114 cm³/mol. The lowest BCUT2D eigenvalue weighted by atomic mass is 9.83. The molecule has 0 aromatic heterocycles. The summed E-state index contributed by atoms with van der Waals surface area (Å²) >= 11 is 24.4. The summed E-state index contributed by atoms with van der Waals surface area (Å²) in [5, 5.41) is 19.9. The van der Waals surface area contributed by atoms with Crippen molar-refractivity contribution in [3.63, 3.8) is 0 Å². The van der Waals surface area contributed by atoms with Crippen molar-refractivity contribution in [2.75, 3.05) is 0 Å². The van der Waals surface area contributed by atoms with Crippen molar-refractivity contribution in [3.8, 4) is 11.5 Å². The molecule has 1 unspecified atom stereocenters. The van der Waals surface area contributed by atoms with Crippen LogP contribution in [0.15, 0.2) is 54.6 Å². The molecule has 0 heterocycles. The van der Waals surface area contributed by atoms with E-state index in [1.807, 2.05) is 0 Å². The average molecular weight is 494 g/mol. The molecule has 0 fully saturated rings. The van der Waals surface area contributed by atoms with Crippen LogP contribution < -0.4 is 0 Å². The lowest BCUT2D eigenvalue weighted by Crippen LogP contribution is -2.38. The largest absolute Gasteiger partial charge is 0.508 e. The van der Waals surface area contributed by atoms with E-state index in [0.717, 1.165) is 12.1 Å². The van der Waals surface area contributed by atoms with E-state index in [1.54, 1.807) is 6.07 Å². The van der Waals surface area contributed by atoms with E-state index in [0.29, 0.717) is 0 Å². The summed E-state index contributed by atoms with van der Waals surface area (Å²) in [7, 11) is -5.11. The Labute approximate surface area is 186 Å². The lowest BCUT2D eigenvalue weighted by molar-refractivity contribution is 0.439. The molecule has 0 aliphatic heterocycles. The summed E-state index contributed by atoms with van der Waals surface area (Å²) in [6, 6.07) is 12.0. The summed E-state index contributed by atoms with van der Waals surface area (Å²) in [5.41, 5.74) is -0.601. The van der Waals surface area contributed by atoms with Crippen LogP contribution in [-0.4, -0.2) is 23.2 Å². The summed E-state index contributed by atoms with van der Waals surface area (Å²) < 4.78 is 33.9. The molecule has 3 aromatic carbocycles. The Kier molecular flexibility index (Phi) is 5.98. The molecule has 0 aliphatic rings. The van der Waals surface area contributed by atoms with E-state index in [1.165, 1.54) is 36.4 Å². The van der Waals surface area contributed by atoms with Crippen molar-refractivity contribution in [1.29, 1.82) is 0 Å². The Balaban J connectivity index is 2.64. The number of hydrogen-bond acceptors (Lipinski definition) is 4. The Morgan fingerprint density at radius 1 is 0.759 bits per heavy atom. The van der Waals surface area contributed by atoms with Gasteiger partial charge in [-0.3, -0.25) is 4.55 Å². The number of halogens is 4. The first-order valence-electron chi connectivity index (χ1n) is 7.90. The molecule has 3 aromatic rings. The number of hydrogen-bond donors (Lipinski definition) is 3. The molecular formula is C19H12Cl4O5S. The van der Waals surface area contributed by atoms with Crippen LogP contribution in [0.3, 0.4) is 0 Å². The fourth-order valence-corrected chi connectivity index (χ4v) is 5.46.